The minimum Gasteiger partial charge on any atom is -0.346 e. The van der Waals surface area contributed by atoms with Crippen LogP contribution in [0.25, 0.3) is 11.1 Å². The van der Waals surface area contributed by atoms with Crippen LogP contribution in [0.1, 0.15) is 178 Å². The number of unbranched alkanes of at least 4 members (excludes halogenated alkanes) is 11. The first kappa shape index (κ1) is 49.6. The summed E-state index contributed by atoms with van der Waals surface area (Å²) in [6.45, 7) is 25.9. The predicted molar refractivity (Wildman–Crippen MR) is 232 cm³/mol. The SMILES string of the molecule is CCCCCCCCc1cc([C-]=C(CC)C(C)=Nc2cc(C)c(CCCCCCCC)c(CCCC)c2)cc(C)c1-c1ccccc1.[CH2-]C.[CH2-]C.[Ni+3]. The van der Waals surface area contributed by atoms with E-state index < -0.39 is 0 Å². The van der Waals surface area contributed by atoms with Crippen molar-refractivity contribution in [3.05, 3.63) is 113 Å². The molecular weight excluding hydrogens is 673 g/mol. The molecule has 3 rings (SSSR count). The maximum absolute atomic E-state index is 5.24. The second-order valence-corrected chi connectivity index (χ2v) is 13.9. The van der Waals surface area contributed by atoms with E-state index in [4.69, 9.17) is 4.99 Å². The number of benzene rings is 3. The second-order valence-electron chi connectivity index (χ2n) is 13.9. The van der Waals surface area contributed by atoms with E-state index in [0.29, 0.717) is 0 Å². The van der Waals surface area contributed by atoms with Crippen LogP contribution >= 0.6 is 0 Å². The van der Waals surface area contributed by atoms with Crippen LogP contribution in [0.2, 0.25) is 0 Å². The summed E-state index contributed by atoms with van der Waals surface area (Å²) in [6, 6.07) is 20.4. The van der Waals surface area contributed by atoms with Crippen molar-refractivity contribution >= 4 is 11.4 Å². The van der Waals surface area contributed by atoms with Crippen molar-refractivity contribution in [1.29, 1.82) is 0 Å². The Morgan fingerprint density at radius 1 is 0.596 bits per heavy atom. The summed E-state index contributed by atoms with van der Waals surface area (Å²) >= 11 is 0. The van der Waals surface area contributed by atoms with Gasteiger partial charge in [-0.1, -0.05) is 147 Å². The molecule has 0 unspecified atom stereocenters. The Kier molecular flexibility index (Phi) is 29.5. The molecule has 52 heavy (non-hydrogen) atoms. The monoisotopic (exact) mass is 749 g/mol. The molecule has 0 atom stereocenters. The van der Waals surface area contributed by atoms with Crippen LogP contribution in [-0.4, -0.2) is 5.71 Å². The third-order valence-corrected chi connectivity index (χ3v) is 9.79. The van der Waals surface area contributed by atoms with E-state index in [9.17, 15) is 0 Å². The molecule has 0 aliphatic rings. The molecule has 0 spiro atoms. The van der Waals surface area contributed by atoms with Crippen molar-refractivity contribution < 1.29 is 16.5 Å². The van der Waals surface area contributed by atoms with E-state index in [1.54, 1.807) is 19.4 Å². The maximum atomic E-state index is 5.24. The molecular formula is C50H76NNi. The minimum absolute atomic E-state index is 0. The Bertz CT molecular complexity index is 1400. The summed E-state index contributed by atoms with van der Waals surface area (Å²) in [5.41, 5.74) is 14.6. The Hall–Kier alpha value is -2.44. The van der Waals surface area contributed by atoms with Gasteiger partial charge in [-0.3, -0.25) is 0 Å². The van der Waals surface area contributed by atoms with Crippen LogP contribution in [0.5, 0.6) is 0 Å². The molecule has 3 aromatic rings. The average molecular weight is 750 g/mol. The van der Waals surface area contributed by atoms with Gasteiger partial charge in [0.2, 0.25) is 0 Å². The Morgan fingerprint density at radius 2 is 1.13 bits per heavy atom. The third kappa shape index (κ3) is 18.1. The number of hydrogen-bond donors (Lipinski definition) is 0. The number of nitrogens with zero attached hydrogens (tertiary/aromatic N) is 1. The van der Waals surface area contributed by atoms with Crippen LogP contribution < -0.4 is 0 Å². The van der Waals surface area contributed by atoms with Crippen LogP contribution in [0.4, 0.5) is 5.69 Å². The van der Waals surface area contributed by atoms with Crippen molar-refractivity contribution in [1.82, 2.24) is 0 Å². The van der Waals surface area contributed by atoms with Gasteiger partial charge in [-0.25, -0.2) is 0 Å². The van der Waals surface area contributed by atoms with Gasteiger partial charge in [0.15, 0.2) is 0 Å². The van der Waals surface area contributed by atoms with Gasteiger partial charge < -0.3 is 18.8 Å². The van der Waals surface area contributed by atoms with E-state index in [0.717, 1.165) is 30.7 Å². The molecule has 291 valence electrons. The van der Waals surface area contributed by atoms with Gasteiger partial charge in [0.1, 0.15) is 0 Å². The van der Waals surface area contributed by atoms with E-state index in [-0.39, 0.29) is 16.5 Å². The zero-order valence-corrected chi connectivity index (χ0v) is 36.1. The maximum Gasteiger partial charge on any atom is 3.00 e. The van der Waals surface area contributed by atoms with Crippen LogP contribution in [-0.2, 0) is 35.8 Å². The zero-order valence-electron chi connectivity index (χ0n) is 35.1. The van der Waals surface area contributed by atoms with E-state index in [1.165, 1.54) is 141 Å². The van der Waals surface area contributed by atoms with Crippen molar-refractivity contribution in [2.45, 2.75) is 178 Å². The fraction of sp³-hybridized carbons (Fsp3) is 0.540. The average Bonchev–Trinajstić information content (AvgIpc) is 3.15. The molecule has 0 fully saturated rings. The second kappa shape index (κ2) is 31.0. The standard InChI is InChI=1S/C46H66N.2C2H5.Ni/c1-8-12-15-17-19-22-29-43-34-39(31-37(6)46(43)41-27-23-21-24-28-41)33-40(11-4)38(7)47-44-32-36(5)45(42(35-44)26-14-10-3)30-25-20-18-16-13-9-2;2*1-2;/h21,23-24,27-28,31-32,34-35H,8-20,22,25-26,29-30H2,1-7H3;2*1H2,2H3;/q3*-1;+3. The summed E-state index contributed by atoms with van der Waals surface area (Å²) in [5.74, 6) is 0. The number of aryl methyl sites for hydroxylation is 4. The largest absolute Gasteiger partial charge is 3.00 e. The molecule has 0 bridgehead atoms. The number of allylic oxidation sites excluding steroid dienone is 1. The fourth-order valence-corrected chi connectivity index (χ4v) is 7.08. The van der Waals surface area contributed by atoms with Crippen molar-refractivity contribution in [2.24, 2.45) is 4.99 Å². The van der Waals surface area contributed by atoms with Gasteiger partial charge >= 0.3 is 16.5 Å². The third-order valence-electron chi connectivity index (χ3n) is 9.79. The van der Waals surface area contributed by atoms with E-state index in [1.807, 2.05) is 0 Å². The molecule has 0 aliphatic carbocycles. The quantitative estimate of drug-likeness (QED) is 0.0420. The van der Waals surface area contributed by atoms with Gasteiger partial charge in [0.05, 0.1) is 5.69 Å². The molecule has 0 aromatic heterocycles. The van der Waals surface area contributed by atoms with Gasteiger partial charge in [-0.05, 0) is 104 Å². The first-order valence-electron chi connectivity index (χ1n) is 20.8. The smallest absolute Gasteiger partial charge is 0.346 e. The van der Waals surface area contributed by atoms with Crippen LogP contribution in [0.15, 0.2) is 65.2 Å². The summed E-state index contributed by atoms with van der Waals surface area (Å²) in [4.78, 5) is 5.24. The normalized spacial score (nSPS) is 11.3. The summed E-state index contributed by atoms with van der Waals surface area (Å²) in [6.07, 6.45) is 26.7. The first-order chi connectivity index (χ1) is 24.9. The van der Waals surface area contributed by atoms with Gasteiger partial charge in [-0.15, -0.1) is 29.3 Å². The molecule has 0 N–H and O–H groups in total. The predicted octanol–water partition coefficient (Wildman–Crippen LogP) is 16.1. The molecule has 1 radical (unpaired) electrons. The Balaban J connectivity index is 0.00000502. The molecule has 2 heteroatoms. The van der Waals surface area contributed by atoms with Crippen molar-refractivity contribution in [3.8, 4) is 11.1 Å². The van der Waals surface area contributed by atoms with Gasteiger partial charge in [0.25, 0.3) is 0 Å². The van der Waals surface area contributed by atoms with Crippen LogP contribution in [0, 0.1) is 33.8 Å². The Labute approximate surface area is 333 Å². The topological polar surface area (TPSA) is 12.4 Å². The summed E-state index contributed by atoms with van der Waals surface area (Å²) in [7, 11) is 0. The fourth-order valence-electron chi connectivity index (χ4n) is 7.08. The Morgan fingerprint density at radius 3 is 1.71 bits per heavy atom. The minimum atomic E-state index is 0. The first-order valence-corrected chi connectivity index (χ1v) is 20.8. The van der Waals surface area contributed by atoms with E-state index >= 15 is 0 Å². The van der Waals surface area contributed by atoms with Gasteiger partial charge in [0, 0.05) is 0 Å². The van der Waals surface area contributed by atoms with Crippen molar-refractivity contribution in [3.63, 3.8) is 0 Å². The number of rotatable bonds is 22. The summed E-state index contributed by atoms with van der Waals surface area (Å²) in [5, 5.41) is 0. The molecule has 1 nitrogen and oxygen atoms in total. The summed E-state index contributed by atoms with van der Waals surface area (Å²) < 4.78 is 0. The van der Waals surface area contributed by atoms with Gasteiger partial charge in [-0.2, -0.15) is 13.8 Å². The molecule has 0 saturated heterocycles. The molecule has 3 aromatic carbocycles. The zero-order chi connectivity index (χ0) is 37.9. The van der Waals surface area contributed by atoms with Crippen LogP contribution in [0.3, 0.4) is 0 Å². The number of hydrogen-bond acceptors (Lipinski definition) is 1. The molecule has 0 heterocycles. The molecule has 0 saturated carbocycles. The van der Waals surface area contributed by atoms with E-state index in [2.05, 4.69) is 123 Å². The molecule has 0 aliphatic heterocycles. The van der Waals surface area contributed by atoms with Crippen molar-refractivity contribution in [2.75, 3.05) is 0 Å². The molecule has 0 amide bonds. The number of aliphatic imine (C=N–C) groups is 1.